The first kappa shape index (κ1) is 14.2. The average molecular weight is 300 g/mol. The Morgan fingerprint density at radius 1 is 1.40 bits per heavy atom. The molecule has 5 nitrogen and oxygen atoms in total. The molecule has 2 aromatic rings. The van der Waals surface area contributed by atoms with Gasteiger partial charge in [-0.25, -0.2) is 9.78 Å². The maximum absolute atomic E-state index is 12.4. The maximum Gasteiger partial charge on any atom is 0.387 e. The van der Waals surface area contributed by atoms with E-state index in [4.69, 9.17) is 5.73 Å². The van der Waals surface area contributed by atoms with Crippen molar-refractivity contribution in [2.45, 2.75) is 6.61 Å². The van der Waals surface area contributed by atoms with Crippen molar-refractivity contribution in [2.75, 3.05) is 12.8 Å². The molecule has 0 saturated heterocycles. The number of hydrogen-bond acceptors (Lipinski definition) is 6. The molecule has 0 bridgehead atoms. The van der Waals surface area contributed by atoms with Gasteiger partial charge >= 0.3 is 12.6 Å². The van der Waals surface area contributed by atoms with Gasteiger partial charge in [0.25, 0.3) is 0 Å². The third kappa shape index (κ3) is 2.85. The van der Waals surface area contributed by atoms with E-state index in [2.05, 4.69) is 14.5 Å². The average Bonchev–Trinajstić information content (AvgIpc) is 2.79. The van der Waals surface area contributed by atoms with E-state index in [1.807, 2.05) is 0 Å². The molecular formula is C12H10F2N2O3S. The molecule has 0 aliphatic carbocycles. The number of nitrogens with zero attached hydrogens (tertiary/aromatic N) is 1. The number of carbonyl (C=O) groups is 1. The Labute approximate surface area is 117 Å². The fraction of sp³-hybridized carbons (Fsp3) is 0.167. The van der Waals surface area contributed by atoms with Gasteiger partial charge < -0.3 is 15.2 Å². The van der Waals surface area contributed by atoms with E-state index in [-0.39, 0.29) is 27.0 Å². The number of thiazole rings is 1. The van der Waals surface area contributed by atoms with E-state index in [0.29, 0.717) is 0 Å². The molecule has 0 amide bonds. The smallest absolute Gasteiger partial charge is 0.387 e. The van der Waals surface area contributed by atoms with Gasteiger partial charge in [-0.3, -0.25) is 0 Å². The topological polar surface area (TPSA) is 74.4 Å². The lowest BCUT2D eigenvalue weighted by Crippen LogP contribution is -2.05. The predicted molar refractivity (Wildman–Crippen MR) is 69.9 cm³/mol. The Bertz CT molecular complexity index is 631. The highest BCUT2D eigenvalue weighted by atomic mass is 32.1. The monoisotopic (exact) mass is 300 g/mol. The van der Waals surface area contributed by atoms with Gasteiger partial charge in [-0.15, -0.1) is 0 Å². The van der Waals surface area contributed by atoms with E-state index >= 15 is 0 Å². The van der Waals surface area contributed by atoms with Crippen LogP contribution in [0.4, 0.5) is 13.9 Å². The fourth-order valence-corrected chi connectivity index (χ4v) is 2.38. The molecule has 0 radical (unpaired) electrons. The van der Waals surface area contributed by atoms with Crippen molar-refractivity contribution in [3.8, 4) is 17.0 Å². The molecule has 0 aliphatic rings. The molecule has 0 unspecified atom stereocenters. The lowest BCUT2D eigenvalue weighted by molar-refractivity contribution is -0.0494. The second kappa shape index (κ2) is 5.83. The van der Waals surface area contributed by atoms with E-state index in [0.717, 1.165) is 11.3 Å². The number of halogens is 2. The van der Waals surface area contributed by atoms with Crippen LogP contribution in [0.1, 0.15) is 9.67 Å². The quantitative estimate of drug-likeness (QED) is 0.879. The summed E-state index contributed by atoms with van der Waals surface area (Å²) in [6.45, 7) is -2.98. The Morgan fingerprint density at radius 3 is 2.75 bits per heavy atom. The van der Waals surface area contributed by atoms with Crippen LogP contribution in [-0.4, -0.2) is 24.7 Å². The zero-order chi connectivity index (χ0) is 14.7. The molecule has 0 aliphatic heterocycles. The number of para-hydroxylation sites is 1. The van der Waals surface area contributed by atoms with Gasteiger partial charge in [0.2, 0.25) is 0 Å². The fourth-order valence-electron chi connectivity index (χ4n) is 1.61. The number of benzene rings is 1. The molecule has 2 N–H and O–H groups in total. The predicted octanol–water partition coefficient (Wildman–Crippen LogP) is 2.78. The lowest BCUT2D eigenvalue weighted by atomic mass is 10.1. The second-order valence-electron chi connectivity index (χ2n) is 3.60. The van der Waals surface area contributed by atoms with Crippen LogP contribution in [0.15, 0.2) is 24.3 Å². The van der Waals surface area contributed by atoms with E-state index in [1.54, 1.807) is 6.07 Å². The molecule has 1 heterocycles. The van der Waals surface area contributed by atoms with Crippen LogP contribution < -0.4 is 10.5 Å². The number of aromatic nitrogens is 1. The number of nitrogen functional groups attached to an aromatic ring is 1. The third-order valence-corrected chi connectivity index (χ3v) is 3.24. The second-order valence-corrected chi connectivity index (χ2v) is 4.63. The summed E-state index contributed by atoms with van der Waals surface area (Å²) in [6.07, 6.45) is 0. The summed E-state index contributed by atoms with van der Waals surface area (Å²) in [5.41, 5.74) is 5.98. The van der Waals surface area contributed by atoms with Crippen LogP contribution in [0, 0.1) is 0 Å². The molecule has 0 atom stereocenters. The first-order valence-corrected chi connectivity index (χ1v) is 6.23. The summed E-state index contributed by atoms with van der Waals surface area (Å²) >= 11 is 0.919. The molecule has 0 spiro atoms. The largest absolute Gasteiger partial charge is 0.465 e. The van der Waals surface area contributed by atoms with Gasteiger partial charge in [-0.2, -0.15) is 8.78 Å². The third-order valence-electron chi connectivity index (χ3n) is 2.37. The molecule has 106 valence electrons. The highest BCUT2D eigenvalue weighted by Crippen LogP contribution is 2.36. The van der Waals surface area contributed by atoms with Crippen LogP contribution in [0.25, 0.3) is 11.3 Å². The molecule has 1 aromatic heterocycles. The molecule has 0 fully saturated rings. The molecule has 8 heteroatoms. The Kier molecular flexibility index (Phi) is 4.14. The molecule has 1 aromatic carbocycles. The van der Waals surface area contributed by atoms with Crippen molar-refractivity contribution in [3.05, 3.63) is 29.1 Å². The van der Waals surface area contributed by atoms with Crippen LogP contribution in [-0.2, 0) is 4.74 Å². The summed E-state index contributed by atoms with van der Waals surface area (Å²) < 4.78 is 33.8. The number of methoxy groups -OCH3 is 1. The van der Waals surface area contributed by atoms with Crippen LogP contribution in [0.3, 0.4) is 0 Å². The van der Waals surface area contributed by atoms with Crippen molar-refractivity contribution in [1.29, 1.82) is 0 Å². The Hall–Kier alpha value is -2.22. The number of ether oxygens (including phenoxy) is 2. The highest BCUT2D eigenvalue weighted by molar-refractivity contribution is 7.17. The number of esters is 1. The number of hydrogen-bond donors (Lipinski definition) is 1. The zero-order valence-corrected chi connectivity index (χ0v) is 11.1. The van der Waals surface area contributed by atoms with Crippen molar-refractivity contribution >= 4 is 22.4 Å². The number of anilines is 1. The summed E-state index contributed by atoms with van der Waals surface area (Å²) in [5.74, 6) is -0.723. The summed E-state index contributed by atoms with van der Waals surface area (Å²) in [4.78, 5) is 15.8. The molecule has 2 rings (SSSR count). The van der Waals surface area contributed by atoms with E-state index < -0.39 is 12.6 Å². The van der Waals surface area contributed by atoms with Gasteiger partial charge in [0, 0.05) is 5.56 Å². The van der Waals surface area contributed by atoms with E-state index in [1.165, 1.54) is 25.3 Å². The molecular weight excluding hydrogens is 290 g/mol. The van der Waals surface area contributed by atoms with Gasteiger partial charge in [-0.05, 0) is 12.1 Å². The minimum atomic E-state index is -2.98. The minimum Gasteiger partial charge on any atom is -0.465 e. The van der Waals surface area contributed by atoms with Crippen LogP contribution >= 0.6 is 11.3 Å². The summed E-state index contributed by atoms with van der Waals surface area (Å²) in [5, 5.41) is 0.132. The Morgan fingerprint density at radius 2 is 2.10 bits per heavy atom. The van der Waals surface area contributed by atoms with Crippen LogP contribution in [0.2, 0.25) is 0 Å². The number of nitrogens with two attached hydrogens (primary N) is 1. The molecule has 20 heavy (non-hydrogen) atoms. The lowest BCUT2D eigenvalue weighted by Gasteiger charge is -2.09. The maximum atomic E-state index is 12.4. The van der Waals surface area contributed by atoms with Crippen LogP contribution in [0.5, 0.6) is 5.75 Å². The van der Waals surface area contributed by atoms with Crippen molar-refractivity contribution in [2.24, 2.45) is 0 Å². The SMILES string of the molecule is COC(=O)c1sc(N)nc1-c1ccccc1OC(F)F. The van der Waals surface area contributed by atoms with Gasteiger partial charge in [0.1, 0.15) is 16.3 Å². The number of alkyl halides is 2. The van der Waals surface area contributed by atoms with E-state index in [9.17, 15) is 13.6 Å². The molecule has 0 saturated carbocycles. The standard InChI is InChI=1S/C12H10F2N2O3S/c1-18-10(17)9-8(16-12(15)20-9)6-4-2-3-5-7(6)19-11(13)14/h2-5,11H,1H3,(H2,15,16). The number of rotatable bonds is 4. The van der Waals surface area contributed by atoms with Crippen molar-refractivity contribution < 1.29 is 23.0 Å². The van der Waals surface area contributed by atoms with Gasteiger partial charge in [-0.1, -0.05) is 23.5 Å². The first-order chi connectivity index (χ1) is 9.52. The number of carbonyl (C=O) groups excluding carboxylic acids is 1. The van der Waals surface area contributed by atoms with Crippen molar-refractivity contribution in [3.63, 3.8) is 0 Å². The zero-order valence-electron chi connectivity index (χ0n) is 10.3. The highest BCUT2D eigenvalue weighted by Gasteiger charge is 2.22. The normalized spacial score (nSPS) is 10.6. The minimum absolute atomic E-state index is 0.0852. The first-order valence-electron chi connectivity index (χ1n) is 5.41. The Balaban J connectivity index is 2.54. The summed E-state index contributed by atoms with van der Waals surface area (Å²) in [7, 11) is 1.21. The van der Waals surface area contributed by atoms with Crippen molar-refractivity contribution in [1.82, 2.24) is 4.98 Å². The summed E-state index contributed by atoms with van der Waals surface area (Å²) in [6, 6.07) is 6.02. The van der Waals surface area contributed by atoms with Gasteiger partial charge in [0.05, 0.1) is 7.11 Å². The van der Waals surface area contributed by atoms with Gasteiger partial charge in [0.15, 0.2) is 5.13 Å².